The highest BCUT2D eigenvalue weighted by Crippen LogP contribution is 2.26. The third-order valence-electron chi connectivity index (χ3n) is 3.99. The monoisotopic (exact) mass is 423 g/mol. The van der Waals surface area contributed by atoms with E-state index in [4.69, 9.17) is 0 Å². The Balaban J connectivity index is 1.71. The minimum absolute atomic E-state index is 0.0588. The maximum absolute atomic E-state index is 12.3. The molecule has 0 bridgehead atoms. The molecule has 1 aliphatic heterocycles. The van der Waals surface area contributed by atoms with Crippen molar-refractivity contribution in [1.29, 1.82) is 0 Å². The topological polar surface area (TPSA) is 95.6 Å². The molecule has 1 heterocycles. The first kappa shape index (κ1) is 20.1. The zero-order valence-corrected chi connectivity index (χ0v) is 16.4. The summed E-state index contributed by atoms with van der Waals surface area (Å²) < 4.78 is 0.739. The first-order valence-corrected chi connectivity index (χ1v) is 9.30. The summed E-state index contributed by atoms with van der Waals surface area (Å²) in [4.78, 5) is 48.9. The second kappa shape index (κ2) is 8.93. The van der Waals surface area contributed by atoms with Gasteiger partial charge in [-0.3, -0.25) is 24.1 Å². The summed E-state index contributed by atoms with van der Waals surface area (Å²) in [7, 11) is 0. The van der Waals surface area contributed by atoms with Crippen LogP contribution in [0.3, 0.4) is 0 Å². The summed E-state index contributed by atoms with van der Waals surface area (Å²) in [6, 6.07) is 4.98. The highest BCUT2D eigenvalue weighted by molar-refractivity contribution is 9.10. The van der Waals surface area contributed by atoms with Crippen molar-refractivity contribution in [3.8, 4) is 0 Å². The van der Waals surface area contributed by atoms with Crippen LogP contribution in [0.25, 0.3) is 0 Å². The SMILES string of the molecule is CC(C)C(=O)NCCNC(=O)CCCN1C(=O)c2ccc(Br)cc2C1=O. The Bertz CT molecular complexity index is 733. The zero-order chi connectivity index (χ0) is 19.3. The number of carbonyl (C=O) groups is 4. The van der Waals surface area contributed by atoms with Crippen molar-refractivity contribution in [3.05, 3.63) is 33.8 Å². The van der Waals surface area contributed by atoms with Gasteiger partial charge in [0.2, 0.25) is 11.8 Å². The van der Waals surface area contributed by atoms with Crippen LogP contribution in [0, 0.1) is 5.92 Å². The lowest BCUT2D eigenvalue weighted by atomic mass is 10.1. The van der Waals surface area contributed by atoms with Crippen LogP contribution in [0.5, 0.6) is 0 Å². The molecular formula is C18H22BrN3O4. The number of amides is 4. The Morgan fingerprint density at radius 2 is 1.73 bits per heavy atom. The number of imide groups is 1. The molecule has 0 fully saturated rings. The van der Waals surface area contributed by atoms with Crippen molar-refractivity contribution in [3.63, 3.8) is 0 Å². The second-order valence-corrected chi connectivity index (χ2v) is 7.27. The quantitative estimate of drug-likeness (QED) is 0.491. The summed E-state index contributed by atoms with van der Waals surface area (Å²) >= 11 is 3.29. The minimum atomic E-state index is -0.330. The summed E-state index contributed by atoms with van der Waals surface area (Å²) in [5, 5.41) is 5.41. The number of fused-ring (bicyclic) bond motifs is 1. The summed E-state index contributed by atoms with van der Waals surface area (Å²) in [5.41, 5.74) is 0.776. The van der Waals surface area contributed by atoms with Gasteiger partial charge in [0.05, 0.1) is 11.1 Å². The van der Waals surface area contributed by atoms with Crippen LogP contribution in [0.15, 0.2) is 22.7 Å². The average molecular weight is 424 g/mol. The number of nitrogens with one attached hydrogen (secondary N) is 2. The van der Waals surface area contributed by atoms with Gasteiger partial charge in [-0.2, -0.15) is 0 Å². The first-order chi connectivity index (χ1) is 12.3. The van der Waals surface area contributed by atoms with E-state index in [1.54, 1.807) is 32.0 Å². The van der Waals surface area contributed by atoms with Crippen LogP contribution in [0.2, 0.25) is 0 Å². The minimum Gasteiger partial charge on any atom is -0.354 e. The number of carbonyl (C=O) groups excluding carboxylic acids is 4. The molecule has 2 rings (SSSR count). The molecule has 0 spiro atoms. The van der Waals surface area contributed by atoms with E-state index < -0.39 is 0 Å². The lowest BCUT2D eigenvalue weighted by Crippen LogP contribution is -2.36. The normalized spacial score (nSPS) is 13.2. The molecular weight excluding hydrogens is 402 g/mol. The van der Waals surface area contributed by atoms with Gasteiger partial charge in [-0.15, -0.1) is 0 Å². The van der Waals surface area contributed by atoms with E-state index >= 15 is 0 Å². The van der Waals surface area contributed by atoms with E-state index in [-0.39, 0.29) is 42.5 Å². The van der Waals surface area contributed by atoms with Gasteiger partial charge in [-0.05, 0) is 24.6 Å². The van der Waals surface area contributed by atoms with Crippen LogP contribution in [0.4, 0.5) is 0 Å². The predicted octanol–water partition coefficient (Wildman–Crippen LogP) is 1.71. The van der Waals surface area contributed by atoms with Crippen LogP contribution < -0.4 is 10.6 Å². The van der Waals surface area contributed by atoms with Crippen LogP contribution in [0.1, 0.15) is 47.4 Å². The largest absolute Gasteiger partial charge is 0.354 e. The molecule has 1 aromatic carbocycles. The lowest BCUT2D eigenvalue weighted by molar-refractivity contribution is -0.124. The lowest BCUT2D eigenvalue weighted by Gasteiger charge is -2.13. The molecule has 8 heteroatoms. The van der Waals surface area contributed by atoms with Crippen molar-refractivity contribution in [2.75, 3.05) is 19.6 Å². The molecule has 0 aliphatic carbocycles. The van der Waals surface area contributed by atoms with E-state index in [2.05, 4.69) is 26.6 Å². The van der Waals surface area contributed by atoms with Crippen molar-refractivity contribution in [2.24, 2.45) is 5.92 Å². The van der Waals surface area contributed by atoms with Crippen molar-refractivity contribution in [2.45, 2.75) is 26.7 Å². The molecule has 26 heavy (non-hydrogen) atoms. The molecule has 0 saturated heterocycles. The Hall–Kier alpha value is -2.22. The number of nitrogens with zero attached hydrogens (tertiary/aromatic N) is 1. The fourth-order valence-electron chi connectivity index (χ4n) is 2.54. The predicted molar refractivity (Wildman–Crippen MR) is 99.6 cm³/mol. The Kier molecular flexibility index (Phi) is 6.90. The van der Waals surface area contributed by atoms with Crippen LogP contribution >= 0.6 is 15.9 Å². The molecule has 140 valence electrons. The molecule has 0 atom stereocenters. The van der Waals surface area contributed by atoms with Gasteiger partial charge in [0, 0.05) is 36.4 Å². The Labute approximate surface area is 160 Å². The molecule has 0 unspecified atom stereocenters. The van der Waals surface area contributed by atoms with E-state index in [0.29, 0.717) is 30.6 Å². The fourth-order valence-corrected chi connectivity index (χ4v) is 2.90. The smallest absolute Gasteiger partial charge is 0.261 e. The summed E-state index contributed by atoms with van der Waals surface area (Å²) in [5.74, 6) is -0.983. The highest BCUT2D eigenvalue weighted by atomic mass is 79.9. The van der Waals surface area contributed by atoms with Crippen LogP contribution in [-0.2, 0) is 9.59 Å². The zero-order valence-electron chi connectivity index (χ0n) is 14.8. The first-order valence-electron chi connectivity index (χ1n) is 8.51. The third kappa shape index (κ3) is 4.91. The van der Waals surface area contributed by atoms with Gasteiger partial charge in [0.15, 0.2) is 0 Å². The molecule has 0 aromatic heterocycles. The Morgan fingerprint density at radius 1 is 1.08 bits per heavy atom. The number of benzene rings is 1. The molecule has 1 aliphatic rings. The molecule has 2 N–H and O–H groups in total. The maximum atomic E-state index is 12.3. The summed E-state index contributed by atoms with van der Waals surface area (Å²) in [6.45, 7) is 4.51. The highest BCUT2D eigenvalue weighted by Gasteiger charge is 2.35. The van der Waals surface area contributed by atoms with Gasteiger partial charge in [-0.1, -0.05) is 29.8 Å². The third-order valence-corrected chi connectivity index (χ3v) is 4.48. The van der Waals surface area contributed by atoms with Gasteiger partial charge in [0.1, 0.15) is 0 Å². The second-order valence-electron chi connectivity index (χ2n) is 6.35. The van der Waals surface area contributed by atoms with Crippen molar-refractivity contribution < 1.29 is 19.2 Å². The van der Waals surface area contributed by atoms with Gasteiger partial charge >= 0.3 is 0 Å². The van der Waals surface area contributed by atoms with Gasteiger partial charge in [0.25, 0.3) is 11.8 Å². The summed E-state index contributed by atoms with van der Waals surface area (Å²) in [6.07, 6.45) is 0.589. The number of halogens is 1. The van der Waals surface area contributed by atoms with E-state index in [0.717, 1.165) is 4.47 Å². The van der Waals surface area contributed by atoms with Crippen molar-refractivity contribution in [1.82, 2.24) is 15.5 Å². The van der Waals surface area contributed by atoms with E-state index in [1.165, 1.54) is 4.90 Å². The molecule has 4 amide bonds. The Morgan fingerprint density at radius 3 is 2.42 bits per heavy atom. The van der Waals surface area contributed by atoms with E-state index in [9.17, 15) is 19.2 Å². The standard InChI is InChI=1S/C18H22BrN3O4/c1-11(2)16(24)21-8-7-20-15(23)4-3-9-22-17(25)13-6-5-12(19)10-14(13)18(22)26/h5-6,10-11H,3-4,7-9H2,1-2H3,(H,20,23)(H,21,24). The molecule has 1 aromatic rings. The number of rotatable bonds is 8. The molecule has 7 nitrogen and oxygen atoms in total. The van der Waals surface area contributed by atoms with E-state index in [1.807, 2.05) is 0 Å². The van der Waals surface area contributed by atoms with Crippen LogP contribution in [-0.4, -0.2) is 48.2 Å². The average Bonchev–Trinajstić information content (AvgIpc) is 2.82. The molecule has 0 radical (unpaired) electrons. The number of hydrogen-bond donors (Lipinski definition) is 2. The fraction of sp³-hybridized carbons (Fsp3) is 0.444. The van der Waals surface area contributed by atoms with Gasteiger partial charge < -0.3 is 10.6 Å². The maximum Gasteiger partial charge on any atom is 0.261 e. The van der Waals surface area contributed by atoms with Crippen molar-refractivity contribution >= 4 is 39.6 Å². The van der Waals surface area contributed by atoms with Gasteiger partial charge in [-0.25, -0.2) is 0 Å². The molecule has 0 saturated carbocycles. The number of hydrogen-bond acceptors (Lipinski definition) is 4.